The predicted octanol–water partition coefficient (Wildman–Crippen LogP) is 2.93. The van der Waals surface area contributed by atoms with Crippen molar-refractivity contribution in [2.45, 2.75) is 26.8 Å². The molecule has 0 spiro atoms. The third kappa shape index (κ3) is 2.34. The van der Waals surface area contributed by atoms with Gasteiger partial charge in [0.2, 0.25) is 0 Å². The van der Waals surface area contributed by atoms with Gasteiger partial charge in [0.25, 0.3) is 0 Å². The summed E-state index contributed by atoms with van der Waals surface area (Å²) in [6.45, 7) is 6.11. The number of halogens is 1. The van der Waals surface area contributed by atoms with Crippen molar-refractivity contribution in [3.05, 3.63) is 10.0 Å². The van der Waals surface area contributed by atoms with Crippen LogP contribution in [0.15, 0.2) is 0 Å². The van der Waals surface area contributed by atoms with Gasteiger partial charge >= 0.3 is 0 Å². The Morgan fingerprint density at radius 3 is 2.55 bits per heavy atom. The van der Waals surface area contributed by atoms with Gasteiger partial charge < -0.3 is 5.32 Å². The minimum absolute atomic E-state index is 0.414. The summed E-state index contributed by atoms with van der Waals surface area (Å²) in [7, 11) is 0. The van der Waals surface area contributed by atoms with E-state index in [9.17, 15) is 0 Å². The van der Waals surface area contributed by atoms with Crippen LogP contribution < -0.4 is 5.32 Å². The number of nitrogens with one attached hydrogen (secondary N) is 1. The maximum Gasteiger partial charge on any atom is 0.184 e. The zero-order valence-corrected chi connectivity index (χ0v) is 8.38. The van der Waals surface area contributed by atoms with E-state index < -0.39 is 0 Å². The highest BCUT2D eigenvalue weighted by atomic mass is 35.5. The summed E-state index contributed by atoms with van der Waals surface area (Å²) in [5, 5.41) is 4.70. The summed E-state index contributed by atoms with van der Waals surface area (Å²) >= 11 is 7.36. The van der Waals surface area contributed by atoms with Gasteiger partial charge in [-0.15, -0.1) is 11.3 Å². The molecule has 1 aromatic rings. The monoisotopic (exact) mass is 190 g/mol. The second kappa shape index (κ2) is 3.41. The van der Waals surface area contributed by atoms with Gasteiger partial charge in [-0.2, -0.15) is 0 Å². The Bertz CT molecular complexity index is 225. The molecule has 0 unspecified atom stereocenters. The van der Waals surface area contributed by atoms with Gasteiger partial charge in [-0.05, 0) is 20.8 Å². The van der Waals surface area contributed by atoms with Crippen LogP contribution in [0.2, 0.25) is 5.15 Å². The lowest BCUT2D eigenvalue weighted by Crippen LogP contribution is -2.08. The van der Waals surface area contributed by atoms with E-state index in [0.29, 0.717) is 11.2 Å². The Morgan fingerprint density at radius 2 is 2.18 bits per heavy atom. The molecule has 11 heavy (non-hydrogen) atoms. The smallest absolute Gasteiger partial charge is 0.184 e. The van der Waals surface area contributed by atoms with Gasteiger partial charge in [-0.25, -0.2) is 4.98 Å². The zero-order chi connectivity index (χ0) is 8.43. The third-order valence-electron chi connectivity index (χ3n) is 1.15. The molecule has 4 heteroatoms. The molecule has 0 fully saturated rings. The van der Waals surface area contributed by atoms with Gasteiger partial charge in [-0.1, -0.05) is 11.6 Å². The fourth-order valence-electron chi connectivity index (χ4n) is 0.687. The first-order chi connectivity index (χ1) is 5.09. The van der Waals surface area contributed by atoms with Crippen LogP contribution >= 0.6 is 22.9 Å². The number of nitrogens with zero attached hydrogens (tertiary/aromatic N) is 1. The van der Waals surface area contributed by atoms with Gasteiger partial charge in [0.05, 0.1) is 0 Å². The average Bonchev–Trinajstić information content (AvgIpc) is 2.10. The minimum Gasteiger partial charge on any atom is -0.359 e. The molecule has 0 atom stereocenters. The van der Waals surface area contributed by atoms with E-state index in [1.54, 1.807) is 11.3 Å². The third-order valence-corrected chi connectivity index (χ3v) is 2.53. The summed E-state index contributed by atoms with van der Waals surface area (Å²) < 4.78 is 0. The van der Waals surface area contributed by atoms with Crippen LogP contribution in [0.4, 0.5) is 5.13 Å². The van der Waals surface area contributed by atoms with Crippen molar-refractivity contribution in [2.24, 2.45) is 0 Å². The number of hydrogen-bond donors (Lipinski definition) is 1. The normalized spacial score (nSPS) is 10.6. The highest BCUT2D eigenvalue weighted by Crippen LogP contribution is 2.25. The molecule has 2 nitrogen and oxygen atoms in total. The fraction of sp³-hybridized carbons (Fsp3) is 0.571. The van der Waals surface area contributed by atoms with E-state index in [0.717, 1.165) is 10.0 Å². The molecule has 0 radical (unpaired) electrons. The van der Waals surface area contributed by atoms with E-state index in [1.807, 2.05) is 6.92 Å². The van der Waals surface area contributed by atoms with Crippen molar-refractivity contribution in [2.75, 3.05) is 5.32 Å². The molecular formula is C7H11ClN2S. The van der Waals surface area contributed by atoms with E-state index >= 15 is 0 Å². The van der Waals surface area contributed by atoms with Gasteiger partial charge in [0.15, 0.2) is 5.13 Å². The molecule has 1 rings (SSSR count). The van der Waals surface area contributed by atoms with Crippen molar-refractivity contribution in [1.82, 2.24) is 4.98 Å². The maximum absolute atomic E-state index is 5.77. The molecule has 0 saturated heterocycles. The molecule has 0 aromatic carbocycles. The quantitative estimate of drug-likeness (QED) is 0.776. The number of thiazole rings is 1. The summed E-state index contributed by atoms with van der Waals surface area (Å²) in [5.74, 6) is 0. The van der Waals surface area contributed by atoms with Crippen LogP contribution in [-0.4, -0.2) is 11.0 Å². The second-order valence-corrected chi connectivity index (χ2v) is 4.23. The molecule has 1 heterocycles. The van der Waals surface area contributed by atoms with Crippen LogP contribution in [-0.2, 0) is 0 Å². The SMILES string of the molecule is Cc1sc(NC(C)C)nc1Cl. The Balaban J connectivity index is 2.73. The van der Waals surface area contributed by atoms with E-state index in [1.165, 1.54) is 0 Å². The topological polar surface area (TPSA) is 24.9 Å². The van der Waals surface area contributed by atoms with Crippen LogP contribution in [0, 0.1) is 6.92 Å². The summed E-state index contributed by atoms with van der Waals surface area (Å²) in [4.78, 5) is 5.19. The molecule has 0 aliphatic rings. The minimum atomic E-state index is 0.414. The van der Waals surface area contributed by atoms with Gasteiger partial charge in [0.1, 0.15) is 5.15 Å². The Kier molecular flexibility index (Phi) is 2.73. The molecule has 0 aliphatic heterocycles. The van der Waals surface area contributed by atoms with Crippen molar-refractivity contribution >= 4 is 28.1 Å². The number of rotatable bonds is 2. The number of aryl methyl sites for hydroxylation is 1. The van der Waals surface area contributed by atoms with Crippen LogP contribution in [0.1, 0.15) is 18.7 Å². The lowest BCUT2D eigenvalue weighted by Gasteiger charge is -2.03. The Morgan fingerprint density at radius 1 is 1.55 bits per heavy atom. The van der Waals surface area contributed by atoms with Crippen LogP contribution in [0.25, 0.3) is 0 Å². The summed E-state index contributed by atoms with van der Waals surface area (Å²) in [6.07, 6.45) is 0. The second-order valence-electron chi connectivity index (χ2n) is 2.67. The molecule has 0 amide bonds. The van der Waals surface area contributed by atoms with Crippen molar-refractivity contribution in [3.8, 4) is 0 Å². The Hall–Kier alpha value is -0.280. The molecule has 1 N–H and O–H groups in total. The lowest BCUT2D eigenvalue weighted by atomic mass is 10.4. The van der Waals surface area contributed by atoms with Gasteiger partial charge in [0, 0.05) is 10.9 Å². The number of hydrogen-bond acceptors (Lipinski definition) is 3. The number of aromatic nitrogens is 1. The molecule has 0 aliphatic carbocycles. The molecule has 0 bridgehead atoms. The summed E-state index contributed by atoms with van der Waals surface area (Å²) in [5.41, 5.74) is 0. The highest BCUT2D eigenvalue weighted by Gasteiger charge is 2.04. The van der Waals surface area contributed by atoms with Crippen LogP contribution in [0.3, 0.4) is 0 Å². The van der Waals surface area contributed by atoms with Crippen molar-refractivity contribution in [1.29, 1.82) is 0 Å². The lowest BCUT2D eigenvalue weighted by molar-refractivity contribution is 0.896. The first-order valence-electron chi connectivity index (χ1n) is 3.49. The standard InChI is InChI=1S/C7H11ClN2S/c1-4(2)9-7-10-6(8)5(3)11-7/h4H,1-3H3,(H,9,10). The largest absolute Gasteiger partial charge is 0.359 e. The predicted molar refractivity (Wildman–Crippen MR) is 50.6 cm³/mol. The molecular weight excluding hydrogens is 180 g/mol. The van der Waals surface area contributed by atoms with Crippen LogP contribution in [0.5, 0.6) is 0 Å². The summed E-state index contributed by atoms with van der Waals surface area (Å²) in [6, 6.07) is 0.414. The zero-order valence-electron chi connectivity index (χ0n) is 6.81. The Labute approximate surface area is 75.6 Å². The maximum atomic E-state index is 5.77. The average molecular weight is 191 g/mol. The molecule has 1 aromatic heterocycles. The molecule has 0 saturated carbocycles. The van der Waals surface area contributed by atoms with E-state index in [2.05, 4.69) is 24.1 Å². The van der Waals surface area contributed by atoms with E-state index in [4.69, 9.17) is 11.6 Å². The van der Waals surface area contributed by atoms with Crippen molar-refractivity contribution in [3.63, 3.8) is 0 Å². The first kappa shape index (κ1) is 8.81. The highest BCUT2D eigenvalue weighted by molar-refractivity contribution is 7.16. The fourth-order valence-corrected chi connectivity index (χ4v) is 1.79. The molecule has 62 valence electrons. The van der Waals surface area contributed by atoms with Gasteiger partial charge in [-0.3, -0.25) is 0 Å². The number of anilines is 1. The first-order valence-corrected chi connectivity index (χ1v) is 4.68. The van der Waals surface area contributed by atoms with Crippen molar-refractivity contribution < 1.29 is 0 Å². The van der Waals surface area contributed by atoms with E-state index in [-0.39, 0.29) is 0 Å².